The van der Waals surface area contributed by atoms with E-state index in [0.717, 1.165) is 11.1 Å². The molecule has 1 atom stereocenters. The lowest BCUT2D eigenvalue weighted by Crippen LogP contribution is -2.43. The number of ether oxygens (including phenoxy) is 1. The molecule has 0 bridgehead atoms. The first-order valence-corrected chi connectivity index (χ1v) is 11.0. The van der Waals surface area contributed by atoms with Crippen molar-refractivity contribution in [1.82, 2.24) is 9.88 Å². The number of amides is 2. The number of nitrogens with zero attached hydrogens (tertiary/aromatic N) is 2. The highest BCUT2D eigenvalue weighted by Gasteiger charge is 2.31. The number of rotatable bonds is 5. The quantitative estimate of drug-likeness (QED) is 0.657. The molecule has 1 unspecified atom stereocenters. The van der Waals surface area contributed by atoms with Gasteiger partial charge in [0, 0.05) is 47.4 Å². The molecule has 152 valence electrons. The summed E-state index contributed by atoms with van der Waals surface area (Å²) in [5, 5.41) is 5.61. The van der Waals surface area contributed by atoms with E-state index in [4.69, 9.17) is 4.74 Å². The van der Waals surface area contributed by atoms with E-state index in [0.29, 0.717) is 40.5 Å². The average Bonchev–Trinajstić information content (AvgIpc) is 3.36. The van der Waals surface area contributed by atoms with Gasteiger partial charge in [-0.3, -0.25) is 9.59 Å². The van der Waals surface area contributed by atoms with Crippen molar-refractivity contribution < 1.29 is 18.7 Å². The smallest absolute Gasteiger partial charge is 0.264 e. The summed E-state index contributed by atoms with van der Waals surface area (Å²) in [4.78, 5) is 32.1. The summed E-state index contributed by atoms with van der Waals surface area (Å²) in [6.07, 6.45) is 3.09. The zero-order valence-corrected chi connectivity index (χ0v) is 17.4. The number of carbonyl (C=O) groups is 2. The second kappa shape index (κ2) is 8.56. The number of fused-ring (bicyclic) bond motifs is 1. The molecule has 0 spiro atoms. The van der Waals surface area contributed by atoms with Crippen LogP contribution in [0.2, 0.25) is 0 Å². The predicted octanol–water partition coefficient (Wildman–Crippen LogP) is 4.13. The zero-order chi connectivity index (χ0) is 20.4. The van der Waals surface area contributed by atoms with Gasteiger partial charge in [-0.15, -0.1) is 22.7 Å². The van der Waals surface area contributed by atoms with Crippen molar-refractivity contribution in [3.05, 3.63) is 46.0 Å². The van der Waals surface area contributed by atoms with Crippen LogP contribution >= 0.6 is 22.7 Å². The molecule has 4 rings (SSSR count). The fraction of sp³-hybridized carbons (Fsp3) is 0.350. The Balaban J connectivity index is 1.57. The highest BCUT2D eigenvalue weighted by molar-refractivity contribution is 7.21. The second-order valence-corrected chi connectivity index (χ2v) is 8.82. The van der Waals surface area contributed by atoms with Crippen LogP contribution in [0, 0.1) is 11.7 Å². The Kier molecular flexibility index (Phi) is 5.89. The maximum absolute atomic E-state index is 14.4. The lowest BCUT2D eigenvalue weighted by molar-refractivity contribution is -0.121. The molecular weight excluding hydrogens is 413 g/mol. The molecule has 1 fully saturated rings. The molecule has 6 nitrogen and oxygen atoms in total. The number of halogens is 1. The van der Waals surface area contributed by atoms with Crippen LogP contribution in [0.3, 0.4) is 0 Å². The van der Waals surface area contributed by atoms with Gasteiger partial charge in [-0.2, -0.15) is 0 Å². The zero-order valence-electron chi connectivity index (χ0n) is 15.8. The average molecular weight is 434 g/mol. The summed E-state index contributed by atoms with van der Waals surface area (Å²) in [5.74, 6) is -0.959. The maximum atomic E-state index is 14.4. The molecule has 3 aromatic rings. The molecule has 1 saturated heterocycles. The van der Waals surface area contributed by atoms with Crippen molar-refractivity contribution in [2.75, 3.05) is 25.5 Å². The van der Waals surface area contributed by atoms with E-state index >= 15 is 0 Å². The van der Waals surface area contributed by atoms with E-state index in [1.165, 1.54) is 35.8 Å². The standard InChI is InChI=1S/C20H20FN3O3S2/c1-27-11-13-16-14(21)5-2-6-15(16)29-17(13)19(26)24-8-3-4-12(10-24)18(25)23-20-22-7-9-28-20/h2,5-7,9,12H,3-4,8,10-11H2,1H3,(H,22,23,25). The Morgan fingerprint density at radius 2 is 2.28 bits per heavy atom. The molecule has 2 aromatic heterocycles. The number of benzene rings is 1. The van der Waals surface area contributed by atoms with Crippen molar-refractivity contribution >= 4 is 49.7 Å². The van der Waals surface area contributed by atoms with Crippen LogP contribution < -0.4 is 5.32 Å². The number of aromatic nitrogens is 1. The van der Waals surface area contributed by atoms with Crippen LogP contribution in [0.25, 0.3) is 10.1 Å². The minimum Gasteiger partial charge on any atom is -0.380 e. The first-order chi connectivity index (χ1) is 14.1. The van der Waals surface area contributed by atoms with Crippen molar-refractivity contribution in [2.45, 2.75) is 19.4 Å². The Labute approximate surface area is 175 Å². The van der Waals surface area contributed by atoms with Gasteiger partial charge in [-0.05, 0) is 25.0 Å². The monoisotopic (exact) mass is 433 g/mol. The SMILES string of the molecule is COCc1c(C(=O)N2CCCC(C(=O)Nc3nccs3)C2)sc2cccc(F)c12. The maximum Gasteiger partial charge on any atom is 0.264 e. The first-order valence-electron chi connectivity index (χ1n) is 9.27. The minimum atomic E-state index is -0.357. The highest BCUT2D eigenvalue weighted by Crippen LogP contribution is 2.35. The predicted molar refractivity (Wildman–Crippen MR) is 112 cm³/mol. The molecular formula is C20H20FN3O3S2. The third-order valence-electron chi connectivity index (χ3n) is 4.99. The Bertz CT molecular complexity index is 1040. The van der Waals surface area contributed by atoms with Crippen molar-refractivity contribution in [1.29, 1.82) is 0 Å². The van der Waals surface area contributed by atoms with E-state index in [1.54, 1.807) is 28.6 Å². The number of anilines is 1. The van der Waals surface area contributed by atoms with E-state index in [1.807, 2.05) is 0 Å². The normalized spacial score (nSPS) is 16.9. The van der Waals surface area contributed by atoms with Crippen molar-refractivity contribution in [3.63, 3.8) is 0 Å². The fourth-order valence-corrected chi connectivity index (χ4v) is 5.36. The molecule has 1 aliphatic rings. The van der Waals surface area contributed by atoms with Crippen LogP contribution in [0.5, 0.6) is 0 Å². The van der Waals surface area contributed by atoms with E-state index in [-0.39, 0.29) is 30.2 Å². The number of nitrogens with one attached hydrogen (secondary N) is 1. The number of hydrogen-bond acceptors (Lipinski definition) is 6. The van der Waals surface area contributed by atoms with Crippen LogP contribution in [0.15, 0.2) is 29.8 Å². The summed E-state index contributed by atoms with van der Waals surface area (Å²) >= 11 is 2.63. The summed E-state index contributed by atoms with van der Waals surface area (Å²) < 4.78 is 20.4. The van der Waals surface area contributed by atoms with E-state index in [9.17, 15) is 14.0 Å². The second-order valence-electron chi connectivity index (χ2n) is 6.87. The van der Waals surface area contributed by atoms with Crippen molar-refractivity contribution in [3.8, 4) is 0 Å². The molecule has 0 aliphatic carbocycles. The number of thiazole rings is 1. The highest BCUT2D eigenvalue weighted by atomic mass is 32.1. The molecule has 0 saturated carbocycles. The minimum absolute atomic E-state index is 0.128. The van der Waals surface area contributed by atoms with E-state index in [2.05, 4.69) is 10.3 Å². The van der Waals surface area contributed by atoms with Gasteiger partial charge in [0.05, 0.1) is 17.4 Å². The number of piperidine rings is 1. The Hall–Kier alpha value is -2.36. The van der Waals surface area contributed by atoms with Crippen LogP contribution in [0.1, 0.15) is 28.1 Å². The van der Waals surface area contributed by atoms with Gasteiger partial charge in [0.2, 0.25) is 5.91 Å². The van der Waals surface area contributed by atoms with Crippen LogP contribution in [-0.4, -0.2) is 41.9 Å². The van der Waals surface area contributed by atoms with Gasteiger partial charge in [-0.25, -0.2) is 9.37 Å². The van der Waals surface area contributed by atoms with Crippen molar-refractivity contribution in [2.24, 2.45) is 5.92 Å². The Morgan fingerprint density at radius 3 is 3.03 bits per heavy atom. The molecule has 3 heterocycles. The van der Waals surface area contributed by atoms with Gasteiger partial charge in [0.25, 0.3) is 5.91 Å². The molecule has 9 heteroatoms. The lowest BCUT2D eigenvalue weighted by atomic mass is 9.97. The Morgan fingerprint density at radius 1 is 1.41 bits per heavy atom. The summed E-state index contributed by atoms with van der Waals surface area (Å²) in [7, 11) is 1.53. The van der Waals surface area contributed by atoms with Gasteiger partial charge in [0.1, 0.15) is 5.82 Å². The molecule has 1 N–H and O–H groups in total. The number of thiophene rings is 1. The van der Waals surface area contributed by atoms with Gasteiger partial charge in [-0.1, -0.05) is 6.07 Å². The molecule has 2 amide bonds. The van der Waals surface area contributed by atoms with E-state index < -0.39 is 0 Å². The largest absolute Gasteiger partial charge is 0.380 e. The molecule has 1 aromatic carbocycles. The molecule has 1 aliphatic heterocycles. The number of carbonyl (C=O) groups excluding carboxylic acids is 2. The lowest BCUT2D eigenvalue weighted by Gasteiger charge is -2.31. The fourth-order valence-electron chi connectivity index (χ4n) is 3.63. The number of likely N-dealkylation sites (tertiary alicyclic amines) is 1. The van der Waals surface area contributed by atoms with Gasteiger partial charge in [0.15, 0.2) is 5.13 Å². The summed E-state index contributed by atoms with van der Waals surface area (Å²) in [5.41, 5.74) is 0.574. The van der Waals surface area contributed by atoms with Crippen LogP contribution in [-0.2, 0) is 16.1 Å². The van der Waals surface area contributed by atoms with Gasteiger partial charge < -0.3 is 15.0 Å². The first kappa shape index (κ1) is 19.9. The topological polar surface area (TPSA) is 71.5 Å². The van der Waals surface area contributed by atoms with Gasteiger partial charge >= 0.3 is 0 Å². The van der Waals surface area contributed by atoms with Crippen LogP contribution in [0.4, 0.5) is 9.52 Å². The molecule has 29 heavy (non-hydrogen) atoms. The third-order valence-corrected chi connectivity index (χ3v) is 6.86. The summed E-state index contributed by atoms with van der Waals surface area (Å²) in [6.45, 7) is 1.06. The summed E-state index contributed by atoms with van der Waals surface area (Å²) in [6, 6.07) is 4.83. The number of methoxy groups -OCH3 is 1. The number of hydrogen-bond donors (Lipinski definition) is 1. The molecule has 0 radical (unpaired) electrons. The third kappa shape index (κ3) is 4.03.